The minimum atomic E-state index is -0.529. The molecule has 8 heteroatoms. The fraction of sp³-hybridized carbons (Fsp3) is 0.400. The topological polar surface area (TPSA) is 88.2 Å². The third-order valence-electron chi connectivity index (χ3n) is 4.43. The molecule has 0 fully saturated rings. The highest BCUT2D eigenvalue weighted by molar-refractivity contribution is 5.84. The van der Waals surface area contributed by atoms with Crippen molar-refractivity contribution < 1.29 is 14.3 Å². The number of ether oxygens (including phenoxy) is 2. The lowest BCUT2D eigenvalue weighted by atomic mass is 9.91. The number of hydrogen-bond donors (Lipinski definition) is 0. The first-order valence-corrected chi connectivity index (χ1v) is 8.98. The fourth-order valence-corrected chi connectivity index (χ4v) is 2.62. The van der Waals surface area contributed by atoms with Gasteiger partial charge in [-0.25, -0.2) is 9.97 Å². The zero-order valence-electron chi connectivity index (χ0n) is 16.5. The molecule has 3 rings (SSSR count). The quantitative estimate of drug-likeness (QED) is 0.621. The van der Waals surface area contributed by atoms with E-state index in [1.54, 1.807) is 24.7 Å². The van der Waals surface area contributed by atoms with Gasteiger partial charge in [0.1, 0.15) is 6.61 Å². The second-order valence-electron chi connectivity index (χ2n) is 7.52. The van der Waals surface area contributed by atoms with Gasteiger partial charge in [-0.15, -0.1) is 0 Å². The first-order valence-electron chi connectivity index (χ1n) is 8.98. The predicted molar refractivity (Wildman–Crippen MR) is 105 cm³/mol. The smallest absolute Gasteiger partial charge is 0.261 e. The molecular formula is C20H24N4O4. The maximum atomic E-state index is 12.8. The van der Waals surface area contributed by atoms with Gasteiger partial charge in [-0.3, -0.25) is 14.2 Å². The van der Waals surface area contributed by atoms with Crippen LogP contribution in [0, 0.1) is 5.41 Å². The lowest BCUT2D eigenvalue weighted by molar-refractivity contribution is -0.126. The predicted octanol–water partition coefficient (Wildman–Crippen LogP) is 2.30. The average molecular weight is 384 g/mol. The molecule has 8 nitrogen and oxygen atoms in total. The van der Waals surface area contributed by atoms with Crippen LogP contribution < -0.4 is 15.0 Å². The summed E-state index contributed by atoms with van der Waals surface area (Å²) in [5.41, 5.74) is -0.326. The maximum absolute atomic E-state index is 12.8. The number of carbonyl (C=O) groups is 1. The van der Waals surface area contributed by atoms with Gasteiger partial charge in [-0.1, -0.05) is 20.8 Å². The molecule has 0 bridgehead atoms. The molecule has 0 radical (unpaired) electrons. The molecule has 2 aromatic heterocycles. The van der Waals surface area contributed by atoms with E-state index in [1.807, 2.05) is 31.5 Å². The molecule has 0 N–H and O–H groups in total. The molecule has 0 spiro atoms. The normalized spacial score (nSPS) is 11.6. The summed E-state index contributed by atoms with van der Waals surface area (Å²) in [5, 5.41) is 0.378. The Morgan fingerprint density at radius 2 is 1.96 bits per heavy atom. The van der Waals surface area contributed by atoms with Crippen molar-refractivity contribution in [2.75, 3.05) is 13.7 Å². The van der Waals surface area contributed by atoms with Crippen molar-refractivity contribution in [3.05, 3.63) is 47.5 Å². The van der Waals surface area contributed by atoms with E-state index in [4.69, 9.17) is 9.47 Å². The van der Waals surface area contributed by atoms with Gasteiger partial charge in [0, 0.05) is 23.9 Å². The number of aromatic nitrogens is 4. The summed E-state index contributed by atoms with van der Waals surface area (Å²) in [4.78, 5) is 33.4. The molecule has 0 saturated carbocycles. The molecule has 0 unspecified atom stereocenters. The Hall–Kier alpha value is -3.16. The van der Waals surface area contributed by atoms with Crippen molar-refractivity contribution in [3.8, 4) is 11.5 Å². The number of fused-ring (bicyclic) bond motifs is 1. The molecule has 2 heterocycles. The van der Waals surface area contributed by atoms with E-state index < -0.39 is 5.41 Å². The number of nitrogens with zero attached hydrogens (tertiary/aromatic N) is 4. The number of imidazole rings is 1. The molecule has 0 amide bonds. The summed E-state index contributed by atoms with van der Waals surface area (Å²) in [6.45, 7) is 6.50. The van der Waals surface area contributed by atoms with Crippen LogP contribution in [-0.2, 0) is 17.9 Å². The van der Waals surface area contributed by atoms with Gasteiger partial charge < -0.3 is 14.0 Å². The largest absolute Gasteiger partial charge is 0.493 e. The molecule has 0 atom stereocenters. The van der Waals surface area contributed by atoms with Crippen LogP contribution in [0.4, 0.5) is 0 Å². The first-order chi connectivity index (χ1) is 13.3. The van der Waals surface area contributed by atoms with E-state index in [1.165, 1.54) is 18.0 Å². The number of carbonyl (C=O) groups excluding carboxylic acids is 1. The van der Waals surface area contributed by atoms with E-state index in [9.17, 15) is 9.59 Å². The fourth-order valence-electron chi connectivity index (χ4n) is 2.62. The zero-order chi connectivity index (χ0) is 20.3. The number of methoxy groups -OCH3 is 1. The standard InChI is InChI=1S/C20H24N4O4/c1-20(2,3)18(25)11-24-13-22-15-10-17(16(27-4)9-14(15)19(24)26)28-8-7-23-6-5-21-12-23/h5-6,9-10,12-13H,7-8,11H2,1-4H3. The lowest BCUT2D eigenvalue weighted by Crippen LogP contribution is -2.30. The summed E-state index contributed by atoms with van der Waals surface area (Å²) < 4.78 is 14.4. The molecular weight excluding hydrogens is 360 g/mol. The van der Waals surface area contributed by atoms with Crippen molar-refractivity contribution >= 4 is 16.7 Å². The third-order valence-corrected chi connectivity index (χ3v) is 4.43. The average Bonchev–Trinajstić information content (AvgIpc) is 3.16. The Kier molecular flexibility index (Phi) is 5.48. The third kappa shape index (κ3) is 4.21. The van der Waals surface area contributed by atoms with Crippen molar-refractivity contribution in [1.29, 1.82) is 0 Å². The van der Waals surface area contributed by atoms with Gasteiger partial charge in [0.15, 0.2) is 17.3 Å². The van der Waals surface area contributed by atoms with Crippen LogP contribution in [0.25, 0.3) is 10.9 Å². The number of benzene rings is 1. The number of rotatable bonds is 7. The molecule has 148 valence electrons. The van der Waals surface area contributed by atoms with Crippen LogP contribution in [0.1, 0.15) is 20.8 Å². The minimum Gasteiger partial charge on any atom is -0.493 e. The molecule has 28 heavy (non-hydrogen) atoms. The number of ketones is 1. The van der Waals surface area contributed by atoms with Crippen LogP contribution >= 0.6 is 0 Å². The van der Waals surface area contributed by atoms with Gasteiger partial charge in [0.2, 0.25) is 0 Å². The van der Waals surface area contributed by atoms with E-state index in [0.29, 0.717) is 35.6 Å². The second kappa shape index (κ2) is 7.84. The van der Waals surface area contributed by atoms with E-state index in [-0.39, 0.29) is 17.9 Å². The molecule has 3 aromatic rings. The highest BCUT2D eigenvalue weighted by atomic mass is 16.5. The lowest BCUT2D eigenvalue weighted by Gasteiger charge is -2.17. The van der Waals surface area contributed by atoms with E-state index in [0.717, 1.165) is 0 Å². The Bertz CT molecular complexity index is 1030. The van der Waals surface area contributed by atoms with Crippen LogP contribution in [0.2, 0.25) is 0 Å². The van der Waals surface area contributed by atoms with Gasteiger partial charge in [-0.05, 0) is 6.07 Å². The second-order valence-corrected chi connectivity index (χ2v) is 7.52. The monoisotopic (exact) mass is 384 g/mol. The molecule has 0 aliphatic heterocycles. The number of hydrogen-bond acceptors (Lipinski definition) is 6. The Labute approximate surface area is 162 Å². The summed E-state index contributed by atoms with van der Waals surface area (Å²) in [7, 11) is 1.52. The van der Waals surface area contributed by atoms with Crippen molar-refractivity contribution in [2.24, 2.45) is 5.41 Å². The van der Waals surface area contributed by atoms with Gasteiger partial charge in [0.25, 0.3) is 5.56 Å². The Morgan fingerprint density at radius 1 is 1.18 bits per heavy atom. The molecule has 0 saturated heterocycles. The molecule has 0 aliphatic rings. The van der Waals surface area contributed by atoms with Crippen LogP contribution in [-0.4, -0.2) is 38.6 Å². The summed E-state index contributed by atoms with van der Waals surface area (Å²) >= 11 is 0. The molecule has 0 aliphatic carbocycles. The Morgan fingerprint density at radius 3 is 2.61 bits per heavy atom. The Balaban J connectivity index is 1.87. The summed E-state index contributed by atoms with van der Waals surface area (Å²) in [6.07, 6.45) is 6.67. The van der Waals surface area contributed by atoms with Crippen molar-refractivity contribution in [1.82, 2.24) is 19.1 Å². The van der Waals surface area contributed by atoms with E-state index >= 15 is 0 Å². The van der Waals surface area contributed by atoms with Crippen LogP contribution in [0.3, 0.4) is 0 Å². The van der Waals surface area contributed by atoms with Crippen LogP contribution in [0.15, 0.2) is 42.0 Å². The highest BCUT2D eigenvalue weighted by Crippen LogP contribution is 2.30. The van der Waals surface area contributed by atoms with E-state index in [2.05, 4.69) is 9.97 Å². The SMILES string of the molecule is COc1cc2c(=O)n(CC(=O)C(C)(C)C)cnc2cc1OCCn1ccnc1. The highest BCUT2D eigenvalue weighted by Gasteiger charge is 2.22. The van der Waals surface area contributed by atoms with Crippen molar-refractivity contribution in [2.45, 2.75) is 33.9 Å². The summed E-state index contributed by atoms with van der Waals surface area (Å²) in [5.74, 6) is 0.907. The van der Waals surface area contributed by atoms with Crippen LogP contribution in [0.5, 0.6) is 11.5 Å². The van der Waals surface area contributed by atoms with Gasteiger partial charge >= 0.3 is 0 Å². The van der Waals surface area contributed by atoms with Crippen molar-refractivity contribution in [3.63, 3.8) is 0 Å². The molecule has 1 aromatic carbocycles. The van der Waals surface area contributed by atoms with Gasteiger partial charge in [-0.2, -0.15) is 0 Å². The number of Topliss-reactive ketones (excluding diaryl/α,β-unsaturated/α-hetero) is 1. The summed E-state index contributed by atoms with van der Waals surface area (Å²) in [6, 6.07) is 3.29. The zero-order valence-corrected chi connectivity index (χ0v) is 16.5. The first kappa shape index (κ1) is 19.6. The minimum absolute atomic E-state index is 0.0171. The maximum Gasteiger partial charge on any atom is 0.261 e. The van der Waals surface area contributed by atoms with Gasteiger partial charge in [0.05, 0.1) is 43.8 Å².